The molecule has 1 saturated heterocycles. The summed E-state index contributed by atoms with van der Waals surface area (Å²) in [6, 6.07) is 7.64. The van der Waals surface area contributed by atoms with Gasteiger partial charge in [0.1, 0.15) is 11.3 Å². The summed E-state index contributed by atoms with van der Waals surface area (Å²) in [5.74, 6) is 0.482. The fourth-order valence-corrected chi connectivity index (χ4v) is 3.60. The van der Waals surface area contributed by atoms with Gasteiger partial charge in [-0.1, -0.05) is 23.7 Å². The first-order valence-corrected chi connectivity index (χ1v) is 8.65. The summed E-state index contributed by atoms with van der Waals surface area (Å²) in [6.07, 6.45) is 1.75. The van der Waals surface area contributed by atoms with Crippen molar-refractivity contribution in [3.05, 3.63) is 62.0 Å². The first kappa shape index (κ1) is 17.5. The Morgan fingerprint density at radius 2 is 2.12 bits per heavy atom. The van der Waals surface area contributed by atoms with Gasteiger partial charge < -0.3 is 14.6 Å². The maximum Gasteiger partial charge on any atom is 0.261 e. The second kappa shape index (κ2) is 6.92. The highest BCUT2D eigenvalue weighted by Gasteiger charge is 2.33. The number of halogens is 1. The predicted molar refractivity (Wildman–Crippen MR) is 97.6 cm³/mol. The minimum atomic E-state index is -0.388. The van der Waals surface area contributed by atoms with Crippen LogP contribution in [0, 0.1) is 13.8 Å². The van der Waals surface area contributed by atoms with Gasteiger partial charge in [0, 0.05) is 12.2 Å². The molecule has 0 spiro atoms. The van der Waals surface area contributed by atoms with E-state index in [1.165, 1.54) is 0 Å². The molecule has 1 atom stereocenters. The molecule has 0 radical (unpaired) electrons. The highest BCUT2D eigenvalue weighted by Crippen LogP contribution is 2.35. The number of aromatic nitrogens is 1. The van der Waals surface area contributed by atoms with E-state index in [4.69, 9.17) is 16.3 Å². The number of hydrogen-bond donors (Lipinski definition) is 1. The molecule has 1 amide bonds. The monoisotopic (exact) mass is 360 g/mol. The number of ether oxygens (including phenoxy) is 1. The first-order chi connectivity index (χ1) is 11.9. The molecule has 0 saturated carbocycles. The average molecular weight is 361 g/mol. The fraction of sp³-hybridized carbons (Fsp3) is 0.368. The van der Waals surface area contributed by atoms with Gasteiger partial charge in [-0.3, -0.25) is 9.59 Å². The number of hydrogen-bond acceptors (Lipinski definition) is 3. The lowest BCUT2D eigenvalue weighted by Gasteiger charge is -2.26. The van der Waals surface area contributed by atoms with Gasteiger partial charge in [0.2, 0.25) is 0 Å². The van der Waals surface area contributed by atoms with Crippen LogP contribution in [0.2, 0.25) is 5.02 Å². The molecule has 1 aromatic heterocycles. The maximum atomic E-state index is 13.1. The number of methoxy groups -OCH3 is 1. The Labute approximate surface area is 151 Å². The molecule has 1 aromatic carbocycles. The van der Waals surface area contributed by atoms with Crippen LogP contribution in [0.15, 0.2) is 29.1 Å². The van der Waals surface area contributed by atoms with Gasteiger partial charge in [-0.2, -0.15) is 0 Å². The van der Waals surface area contributed by atoms with Gasteiger partial charge in [-0.15, -0.1) is 0 Å². The maximum absolute atomic E-state index is 13.1. The van der Waals surface area contributed by atoms with E-state index in [1.807, 2.05) is 24.3 Å². The first-order valence-electron chi connectivity index (χ1n) is 8.28. The third kappa shape index (κ3) is 3.16. The Hall–Kier alpha value is -2.27. The number of carbonyl (C=O) groups is 1. The minimum Gasteiger partial charge on any atom is -0.497 e. The Kier molecular flexibility index (Phi) is 4.86. The van der Waals surface area contributed by atoms with Gasteiger partial charge in [-0.25, -0.2) is 0 Å². The van der Waals surface area contributed by atoms with E-state index in [9.17, 15) is 9.59 Å². The topological polar surface area (TPSA) is 62.4 Å². The molecular formula is C19H21ClN2O3. The SMILES string of the molecule is COc1cccc([C@H]2CCCN2C(=O)c2c(C)c(Cl)c(C)[nH]c2=O)c1. The summed E-state index contributed by atoms with van der Waals surface area (Å²) in [6.45, 7) is 4.05. The molecule has 0 aliphatic carbocycles. The van der Waals surface area contributed by atoms with Crippen LogP contribution in [0.3, 0.4) is 0 Å². The molecule has 1 N–H and O–H groups in total. The van der Waals surface area contributed by atoms with E-state index in [1.54, 1.807) is 25.9 Å². The average Bonchev–Trinajstić information content (AvgIpc) is 3.09. The van der Waals surface area contributed by atoms with Crippen molar-refractivity contribution < 1.29 is 9.53 Å². The number of aromatic amines is 1. The van der Waals surface area contributed by atoms with Gasteiger partial charge in [-0.05, 0) is 49.9 Å². The molecule has 132 valence electrons. The second-order valence-corrected chi connectivity index (χ2v) is 6.70. The van der Waals surface area contributed by atoms with Crippen LogP contribution in [0.25, 0.3) is 0 Å². The quantitative estimate of drug-likeness (QED) is 0.909. The van der Waals surface area contributed by atoms with Crippen molar-refractivity contribution in [2.24, 2.45) is 0 Å². The van der Waals surface area contributed by atoms with E-state index >= 15 is 0 Å². The normalized spacial score (nSPS) is 17.0. The third-order valence-corrected chi connectivity index (χ3v) is 5.33. The molecule has 1 aliphatic heterocycles. The Morgan fingerprint density at radius 3 is 2.84 bits per heavy atom. The zero-order valence-electron chi connectivity index (χ0n) is 14.6. The number of nitrogens with one attached hydrogen (secondary N) is 1. The standard InChI is InChI=1S/C19H21ClN2O3/c1-11-16(18(23)21-12(2)17(11)20)19(24)22-9-5-8-15(22)13-6-4-7-14(10-13)25-3/h4,6-7,10,15H,5,8-9H2,1-3H3,(H,21,23)/t15-/m1/s1. The lowest BCUT2D eigenvalue weighted by molar-refractivity contribution is 0.0733. The molecule has 5 nitrogen and oxygen atoms in total. The van der Waals surface area contributed by atoms with Crippen LogP contribution in [0.5, 0.6) is 5.75 Å². The van der Waals surface area contributed by atoms with Crippen LogP contribution in [0.1, 0.15) is 46.1 Å². The predicted octanol–water partition coefficient (Wildman–Crippen LogP) is 3.63. The molecule has 0 unspecified atom stereocenters. The van der Waals surface area contributed by atoms with Crippen molar-refractivity contribution >= 4 is 17.5 Å². The van der Waals surface area contributed by atoms with E-state index < -0.39 is 0 Å². The second-order valence-electron chi connectivity index (χ2n) is 6.33. The number of carbonyl (C=O) groups excluding carboxylic acids is 1. The Balaban J connectivity index is 1.99. The summed E-state index contributed by atoms with van der Waals surface area (Å²) in [4.78, 5) is 29.9. The lowest BCUT2D eigenvalue weighted by atomic mass is 10.0. The summed E-state index contributed by atoms with van der Waals surface area (Å²) in [7, 11) is 1.62. The number of amides is 1. The highest BCUT2D eigenvalue weighted by molar-refractivity contribution is 6.32. The number of aryl methyl sites for hydroxylation is 1. The smallest absolute Gasteiger partial charge is 0.261 e. The molecule has 0 bridgehead atoms. The van der Waals surface area contributed by atoms with Crippen molar-refractivity contribution in [2.45, 2.75) is 32.7 Å². The van der Waals surface area contributed by atoms with E-state index in [0.29, 0.717) is 22.8 Å². The van der Waals surface area contributed by atoms with Crippen LogP contribution in [-0.4, -0.2) is 29.4 Å². The molecular weight excluding hydrogens is 340 g/mol. The minimum absolute atomic E-state index is 0.0681. The highest BCUT2D eigenvalue weighted by atomic mass is 35.5. The van der Waals surface area contributed by atoms with E-state index in [0.717, 1.165) is 24.2 Å². The largest absolute Gasteiger partial charge is 0.497 e. The zero-order valence-corrected chi connectivity index (χ0v) is 15.3. The van der Waals surface area contributed by atoms with Crippen LogP contribution in [-0.2, 0) is 0 Å². The number of likely N-dealkylation sites (tertiary alicyclic amines) is 1. The van der Waals surface area contributed by atoms with Gasteiger partial charge in [0.15, 0.2) is 0 Å². The van der Waals surface area contributed by atoms with E-state index in [2.05, 4.69) is 4.98 Å². The van der Waals surface area contributed by atoms with E-state index in [-0.39, 0.29) is 23.1 Å². The third-order valence-electron chi connectivity index (χ3n) is 4.77. The number of H-pyrrole nitrogens is 1. The van der Waals surface area contributed by atoms with Crippen molar-refractivity contribution in [3.8, 4) is 5.75 Å². The van der Waals surface area contributed by atoms with Gasteiger partial charge in [0.05, 0.1) is 18.2 Å². The Bertz CT molecular complexity index is 875. The number of pyridine rings is 1. The van der Waals surface area contributed by atoms with Gasteiger partial charge in [0.25, 0.3) is 11.5 Å². The molecule has 6 heteroatoms. The number of nitrogens with zero attached hydrogens (tertiary/aromatic N) is 1. The lowest BCUT2D eigenvalue weighted by Crippen LogP contribution is -2.35. The van der Waals surface area contributed by atoms with Crippen molar-refractivity contribution in [3.63, 3.8) is 0 Å². The molecule has 2 aromatic rings. The Morgan fingerprint density at radius 1 is 1.36 bits per heavy atom. The molecule has 3 rings (SSSR count). The van der Waals surface area contributed by atoms with Crippen LogP contribution >= 0.6 is 11.6 Å². The summed E-state index contributed by atoms with van der Waals surface area (Å²) in [5, 5.41) is 0.431. The molecule has 25 heavy (non-hydrogen) atoms. The summed E-state index contributed by atoms with van der Waals surface area (Å²) in [5.41, 5.74) is 1.86. The van der Waals surface area contributed by atoms with Crippen LogP contribution < -0.4 is 10.3 Å². The fourth-order valence-electron chi connectivity index (χ4n) is 3.46. The van der Waals surface area contributed by atoms with Crippen LogP contribution in [0.4, 0.5) is 0 Å². The summed E-state index contributed by atoms with van der Waals surface area (Å²) >= 11 is 6.24. The number of benzene rings is 1. The van der Waals surface area contributed by atoms with Crippen molar-refractivity contribution in [2.75, 3.05) is 13.7 Å². The zero-order chi connectivity index (χ0) is 18.1. The molecule has 1 fully saturated rings. The number of rotatable bonds is 3. The van der Waals surface area contributed by atoms with Crippen molar-refractivity contribution in [1.29, 1.82) is 0 Å². The molecule has 1 aliphatic rings. The van der Waals surface area contributed by atoms with Gasteiger partial charge >= 0.3 is 0 Å². The molecule has 2 heterocycles. The van der Waals surface area contributed by atoms with Crippen molar-refractivity contribution in [1.82, 2.24) is 9.88 Å². The summed E-state index contributed by atoms with van der Waals surface area (Å²) < 4.78 is 5.29.